The summed E-state index contributed by atoms with van der Waals surface area (Å²) in [5.74, 6) is -1.14. The number of hydrogen-bond donors (Lipinski definition) is 1. The van der Waals surface area contributed by atoms with Crippen molar-refractivity contribution in [3.63, 3.8) is 0 Å². The van der Waals surface area contributed by atoms with E-state index in [-0.39, 0.29) is 17.6 Å². The fraction of sp³-hybridized carbons (Fsp3) is 0.467. The van der Waals surface area contributed by atoms with Crippen LogP contribution in [0.5, 0.6) is 0 Å². The monoisotopic (exact) mass is 314 g/mol. The summed E-state index contributed by atoms with van der Waals surface area (Å²) in [5.41, 5.74) is -1.72. The van der Waals surface area contributed by atoms with Crippen molar-refractivity contribution in [2.24, 2.45) is 5.41 Å². The molecule has 22 heavy (non-hydrogen) atoms. The van der Waals surface area contributed by atoms with Crippen molar-refractivity contribution in [2.75, 3.05) is 18.0 Å². The standard InChI is InChI=1S/C15H17F3N2O2/c1-14(2,3)9-20(8-13(21)22)11-5-4-10(7-19)12(6-11)15(16,17)18/h4-6H,8-9H2,1-3H3,(H,21,22). The Kier molecular flexibility index (Phi) is 5.07. The Bertz CT molecular complexity index is 598. The molecule has 0 spiro atoms. The lowest BCUT2D eigenvalue weighted by Crippen LogP contribution is -2.36. The van der Waals surface area contributed by atoms with Crippen molar-refractivity contribution in [3.05, 3.63) is 29.3 Å². The first-order valence-electron chi connectivity index (χ1n) is 6.52. The quantitative estimate of drug-likeness (QED) is 0.923. The number of alkyl halides is 3. The molecule has 0 fully saturated rings. The number of carboxylic acid groups (broad SMARTS) is 1. The normalized spacial score (nSPS) is 11.9. The van der Waals surface area contributed by atoms with E-state index in [1.54, 1.807) is 0 Å². The molecule has 1 N–H and O–H groups in total. The van der Waals surface area contributed by atoms with Gasteiger partial charge >= 0.3 is 12.1 Å². The maximum atomic E-state index is 13.0. The zero-order valence-corrected chi connectivity index (χ0v) is 12.5. The molecule has 0 aromatic heterocycles. The van der Waals surface area contributed by atoms with Gasteiger partial charge in [-0.2, -0.15) is 18.4 Å². The SMILES string of the molecule is CC(C)(C)CN(CC(=O)O)c1ccc(C#N)c(C(F)(F)F)c1. The average Bonchev–Trinajstić information content (AvgIpc) is 2.34. The van der Waals surface area contributed by atoms with Crippen molar-refractivity contribution >= 4 is 11.7 Å². The first-order valence-corrected chi connectivity index (χ1v) is 6.52. The second kappa shape index (κ2) is 6.26. The molecule has 0 heterocycles. The first kappa shape index (κ1) is 17.8. The molecule has 0 aliphatic heterocycles. The smallest absolute Gasteiger partial charge is 0.417 e. The Morgan fingerprint density at radius 2 is 1.91 bits per heavy atom. The Morgan fingerprint density at radius 3 is 2.32 bits per heavy atom. The van der Waals surface area contributed by atoms with E-state index in [2.05, 4.69) is 0 Å². The van der Waals surface area contributed by atoms with E-state index in [9.17, 15) is 18.0 Å². The number of halogens is 3. The van der Waals surface area contributed by atoms with Crippen LogP contribution in [0.15, 0.2) is 18.2 Å². The molecule has 1 aromatic carbocycles. The van der Waals surface area contributed by atoms with Gasteiger partial charge in [-0.1, -0.05) is 20.8 Å². The maximum absolute atomic E-state index is 13.0. The Balaban J connectivity index is 3.31. The van der Waals surface area contributed by atoms with Gasteiger partial charge < -0.3 is 10.0 Å². The number of benzene rings is 1. The number of nitrogens with zero attached hydrogens (tertiary/aromatic N) is 2. The second-order valence-electron chi connectivity index (χ2n) is 6.15. The number of rotatable bonds is 4. The van der Waals surface area contributed by atoms with Crippen LogP contribution in [0.25, 0.3) is 0 Å². The zero-order chi connectivity index (χ0) is 17.1. The van der Waals surface area contributed by atoms with Crippen LogP contribution >= 0.6 is 0 Å². The van der Waals surface area contributed by atoms with Gasteiger partial charge in [0.05, 0.1) is 17.2 Å². The van der Waals surface area contributed by atoms with Crippen LogP contribution in [-0.4, -0.2) is 24.2 Å². The van der Waals surface area contributed by atoms with Crippen LogP contribution in [0.3, 0.4) is 0 Å². The fourth-order valence-electron chi connectivity index (χ4n) is 2.04. The van der Waals surface area contributed by atoms with E-state index in [1.807, 2.05) is 20.8 Å². The molecule has 0 saturated carbocycles. The zero-order valence-electron chi connectivity index (χ0n) is 12.5. The topological polar surface area (TPSA) is 64.3 Å². The molecule has 0 aliphatic carbocycles. The van der Waals surface area contributed by atoms with Crippen molar-refractivity contribution < 1.29 is 23.1 Å². The molecule has 120 valence electrons. The van der Waals surface area contributed by atoms with Gasteiger partial charge in [0, 0.05) is 12.2 Å². The molecule has 0 aliphatic rings. The number of hydrogen-bond acceptors (Lipinski definition) is 3. The molecule has 0 bridgehead atoms. The summed E-state index contributed by atoms with van der Waals surface area (Å²) in [5, 5.41) is 17.7. The first-order chi connectivity index (χ1) is 9.94. The molecule has 4 nitrogen and oxygen atoms in total. The van der Waals surface area contributed by atoms with E-state index in [1.165, 1.54) is 17.0 Å². The summed E-state index contributed by atoms with van der Waals surface area (Å²) in [6, 6.07) is 4.73. The predicted molar refractivity (Wildman–Crippen MR) is 75.5 cm³/mol. The van der Waals surface area contributed by atoms with Crippen LogP contribution in [-0.2, 0) is 11.0 Å². The largest absolute Gasteiger partial charge is 0.480 e. The lowest BCUT2D eigenvalue weighted by Gasteiger charge is -2.31. The maximum Gasteiger partial charge on any atom is 0.417 e. The van der Waals surface area contributed by atoms with E-state index >= 15 is 0 Å². The van der Waals surface area contributed by atoms with E-state index in [4.69, 9.17) is 10.4 Å². The van der Waals surface area contributed by atoms with Gasteiger partial charge in [-0.05, 0) is 23.6 Å². The molecule has 0 amide bonds. The number of aliphatic carboxylic acids is 1. The fourth-order valence-corrected chi connectivity index (χ4v) is 2.04. The van der Waals surface area contributed by atoms with Crippen LogP contribution in [0.1, 0.15) is 31.9 Å². The Hall–Kier alpha value is -2.23. The van der Waals surface area contributed by atoms with E-state index in [0.717, 1.165) is 12.1 Å². The molecule has 0 saturated heterocycles. The van der Waals surface area contributed by atoms with Crippen LogP contribution in [0.4, 0.5) is 18.9 Å². The Labute approximate surface area is 126 Å². The van der Waals surface area contributed by atoms with Gasteiger partial charge in [-0.15, -0.1) is 0 Å². The molecule has 0 radical (unpaired) electrons. The highest BCUT2D eigenvalue weighted by Gasteiger charge is 2.34. The minimum Gasteiger partial charge on any atom is -0.480 e. The molecule has 7 heteroatoms. The number of anilines is 1. The van der Waals surface area contributed by atoms with Crippen molar-refractivity contribution in [3.8, 4) is 6.07 Å². The molecular formula is C15H17F3N2O2. The highest BCUT2D eigenvalue weighted by molar-refractivity contribution is 5.74. The number of nitriles is 1. The minimum absolute atomic E-state index is 0.128. The van der Waals surface area contributed by atoms with Crippen LogP contribution in [0, 0.1) is 16.7 Å². The van der Waals surface area contributed by atoms with Gasteiger partial charge in [0.2, 0.25) is 0 Å². The third kappa shape index (κ3) is 4.95. The van der Waals surface area contributed by atoms with Gasteiger partial charge in [0.15, 0.2) is 0 Å². The summed E-state index contributed by atoms with van der Waals surface area (Å²) >= 11 is 0. The summed E-state index contributed by atoms with van der Waals surface area (Å²) in [4.78, 5) is 12.3. The molecule has 1 aromatic rings. The van der Waals surface area contributed by atoms with E-state index < -0.39 is 29.8 Å². The van der Waals surface area contributed by atoms with Crippen LogP contribution in [0.2, 0.25) is 0 Å². The predicted octanol–water partition coefficient (Wildman–Crippen LogP) is 3.51. The molecular weight excluding hydrogens is 297 g/mol. The highest BCUT2D eigenvalue weighted by atomic mass is 19.4. The second-order valence-corrected chi connectivity index (χ2v) is 6.15. The third-order valence-corrected chi connectivity index (χ3v) is 2.79. The summed E-state index contributed by atoms with van der Waals surface area (Å²) in [7, 11) is 0. The number of carbonyl (C=O) groups is 1. The third-order valence-electron chi connectivity index (χ3n) is 2.79. The van der Waals surface area contributed by atoms with Crippen molar-refractivity contribution in [2.45, 2.75) is 26.9 Å². The van der Waals surface area contributed by atoms with Crippen molar-refractivity contribution in [1.82, 2.24) is 0 Å². The van der Waals surface area contributed by atoms with Crippen LogP contribution < -0.4 is 4.90 Å². The Morgan fingerprint density at radius 1 is 1.32 bits per heavy atom. The summed E-state index contributed by atoms with van der Waals surface area (Å²) in [6.45, 7) is 5.42. The molecule has 0 atom stereocenters. The van der Waals surface area contributed by atoms with Crippen molar-refractivity contribution in [1.29, 1.82) is 5.26 Å². The van der Waals surface area contributed by atoms with Gasteiger partial charge in [0.1, 0.15) is 6.54 Å². The lowest BCUT2D eigenvalue weighted by atomic mass is 9.95. The summed E-state index contributed by atoms with van der Waals surface area (Å²) in [6.07, 6.45) is -4.67. The molecule has 0 unspecified atom stereocenters. The minimum atomic E-state index is -4.67. The highest BCUT2D eigenvalue weighted by Crippen LogP contribution is 2.35. The van der Waals surface area contributed by atoms with Gasteiger partial charge in [-0.25, -0.2) is 0 Å². The lowest BCUT2D eigenvalue weighted by molar-refractivity contribution is -0.137. The summed E-state index contributed by atoms with van der Waals surface area (Å²) < 4.78 is 39.0. The van der Waals surface area contributed by atoms with Gasteiger partial charge in [-0.3, -0.25) is 4.79 Å². The van der Waals surface area contributed by atoms with Gasteiger partial charge in [0.25, 0.3) is 0 Å². The average molecular weight is 314 g/mol. The number of carboxylic acids is 1. The molecule has 1 rings (SSSR count). The van der Waals surface area contributed by atoms with E-state index in [0.29, 0.717) is 0 Å².